The van der Waals surface area contributed by atoms with E-state index in [1.165, 1.54) is 77.0 Å². The van der Waals surface area contributed by atoms with E-state index >= 15 is 0 Å². The van der Waals surface area contributed by atoms with Gasteiger partial charge in [-0.3, -0.25) is 14.1 Å². The molecule has 0 aliphatic rings. The molecule has 200 valence electrons. The van der Waals surface area contributed by atoms with Crippen molar-refractivity contribution in [1.82, 2.24) is 0 Å². The third kappa shape index (κ3) is 20.0. The third-order valence-electron chi connectivity index (χ3n) is 5.80. The molecule has 8 heteroatoms. The SMILES string of the molecule is C=CCCOC(=O)CC(C(=O)OCCCCCCCCCCCCCCCCCC)S(=O)(=O)O. The molecule has 0 aromatic carbocycles. The molecule has 7 nitrogen and oxygen atoms in total. The molecule has 1 atom stereocenters. The van der Waals surface area contributed by atoms with Crippen LogP contribution in [0.3, 0.4) is 0 Å². The number of rotatable bonds is 24. The minimum absolute atomic E-state index is 0.0365. The van der Waals surface area contributed by atoms with Crippen molar-refractivity contribution in [2.75, 3.05) is 13.2 Å². The molecule has 0 saturated carbocycles. The Bertz CT molecular complexity index is 631. The van der Waals surface area contributed by atoms with E-state index < -0.39 is 33.7 Å². The first-order valence-electron chi connectivity index (χ1n) is 13.2. The summed E-state index contributed by atoms with van der Waals surface area (Å²) in [5.41, 5.74) is 0. The predicted octanol–water partition coefficient (Wildman–Crippen LogP) is 6.56. The Balaban J connectivity index is 3.71. The normalized spacial score (nSPS) is 12.3. The molecular weight excluding hydrogens is 456 g/mol. The summed E-state index contributed by atoms with van der Waals surface area (Å²) >= 11 is 0. The second-order valence-electron chi connectivity index (χ2n) is 8.98. The van der Waals surface area contributed by atoms with E-state index in [9.17, 15) is 22.6 Å². The molecule has 0 bridgehead atoms. The zero-order valence-corrected chi connectivity index (χ0v) is 22.1. The maximum atomic E-state index is 12.0. The number of hydrogen-bond donors (Lipinski definition) is 1. The van der Waals surface area contributed by atoms with Crippen LogP contribution < -0.4 is 0 Å². The van der Waals surface area contributed by atoms with Crippen LogP contribution in [0, 0.1) is 0 Å². The number of hydrogen-bond acceptors (Lipinski definition) is 6. The van der Waals surface area contributed by atoms with Crippen LogP contribution in [0.1, 0.15) is 122 Å². The summed E-state index contributed by atoms with van der Waals surface area (Å²) in [4.78, 5) is 23.7. The van der Waals surface area contributed by atoms with Crippen LogP contribution in [-0.4, -0.2) is 43.4 Å². The number of carbonyl (C=O) groups is 2. The highest BCUT2D eigenvalue weighted by Gasteiger charge is 2.35. The Morgan fingerprint density at radius 1 is 0.765 bits per heavy atom. The standard InChI is InChI=1S/C26H48O7S/c1-3-5-7-8-9-10-11-12-13-14-15-16-17-18-19-20-22-33-26(28)24(34(29,30)31)23-25(27)32-21-6-4-2/h4,24H,2-3,5-23H2,1H3,(H,29,30,31). The lowest BCUT2D eigenvalue weighted by molar-refractivity contribution is -0.150. The first kappa shape index (κ1) is 32.6. The minimum atomic E-state index is -4.76. The molecule has 0 aromatic rings. The lowest BCUT2D eigenvalue weighted by Gasteiger charge is -2.13. The van der Waals surface area contributed by atoms with E-state index in [4.69, 9.17) is 9.47 Å². The van der Waals surface area contributed by atoms with Gasteiger partial charge in [-0.25, -0.2) is 0 Å². The Morgan fingerprint density at radius 2 is 1.21 bits per heavy atom. The van der Waals surface area contributed by atoms with Gasteiger partial charge in [0.25, 0.3) is 10.1 Å². The summed E-state index contributed by atoms with van der Waals surface area (Å²) in [6.07, 6.45) is 20.8. The largest absolute Gasteiger partial charge is 0.465 e. The molecule has 0 radical (unpaired) electrons. The third-order valence-corrected chi connectivity index (χ3v) is 6.88. The topological polar surface area (TPSA) is 107 Å². The van der Waals surface area contributed by atoms with Crippen LogP contribution in [0.5, 0.6) is 0 Å². The molecule has 1 N–H and O–H groups in total. The summed E-state index contributed by atoms with van der Waals surface area (Å²) in [5.74, 6) is -2.01. The Kier molecular flexibility index (Phi) is 21.2. The summed E-state index contributed by atoms with van der Waals surface area (Å²) in [6.45, 7) is 5.83. The van der Waals surface area contributed by atoms with Crippen molar-refractivity contribution in [1.29, 1.82) is 0 Å². The molecule has 0 aliphatic carbocycles. The fourth-order valence-corrected chi connectivity index (χ4v) is 4.35. The van der Waals surface area contributed by atoms with Gasteiger partial charge in [-0.2, -0.15) is 8.42 Å². The maximum Gasteiger partial charge on any atom is 0.327 e. The summed E-state index contributed by atoms with van der Waals surface area (Å²) in [5, 5.41) is -1.95. The van der Waals surface area contributed by atoms with Gasteiger partial charge in [-0.15, -0.1) is 6.58 Å². The van der Waals surface area contributed by atoms with Crippen LogP contribution in [-0.2, 0) is 29.2 Å². The van der Waals surface area contributed by atoms with Gasteiger partial charge in [-0.1, -0.05) is 109 Å². The smallest absolute Gasteiger partial charge is 0.327 e. The zero-order valence-electron chi connectivity index (χ0n) is 21.3. The van der Waals surface area contributed by atoms with Gasteiger partial charge in [0.15, 0.2) is 5.25 Å². The van der Waals surface area contributed by atoms with Gasteiger partial charge in [-0.05, 0) is 12.8 Å². The highest BCUT2D eigenvalue weighted by atomic mass is 32.2. The molecule has 0 fully saturated rings. The predicted molar refractivity (Wildman–Crippen MR) is 136 cm³/mol. The Hall–Kier alpha value is -1.41. The molecule has 1 unspecified atom stereocenters. The second-order valence-corrected chi connectivity index (χ2v) is 10.6. The van der Waals surface area contributed by atoms with E-state index in [2.05, 4.69) is 13.5 Å². The van der Waals surface area contributed by atoms with Crippen molar-refractivity contribution in [3.8, 4) is 0 Å². The molecule has 0 heterocycles. The highest BCUT2D eigenvalue weighted by molar-refractivity contribution is 7.87. The van der Waals surface area contributed by atoms with E-state index in [0.717, 1.165) is 19.3 Å². The van der Waals surface area contributed by atoms with Crippen LogP contribution >= 0.6 is 0 Å². The van der Waals surface area contributed by atoms with E-state index in [1.807, 2.05) is 0 Å². The van der Waals surface area contributed by atoms with Crippen LogP contribution in [0.4, 0.5) is 0 Å². The maximum absolute atomic E-state index is 12.0. The summed E-state index contributed by atoms with van der Waals surface area (Å²) in [6, 6.07) is 0. The first-order valence-corrected chi connectivity index (χ1v) is 14.7. The quantitative estimate of drug-likeness (QED) is 0.0686. The van der Waals surface area contributed by atoms with Crippen LogP contribution in [0.2, 0.25) is 0 Å². The van der Waals surface area contributed by atoms with Crippen molar-refractivity contribution in [3.05, 3.63) is 12.7 Å². The van der Waals surface area contributed by atoms with Gasteiger partial charge < -0.3 is 9.47 Å². The average molecular weight is 505 g/mol. The monoisotopic (exact) mass is 504 g/mol. The van der Waals surface area contributed by atoms with Crippen LogP contribution in [0.25, 0.3) is 0 Å². The fraction of sp³-hybridized carbons (Fsp3) is 0.846. The Labute approximate surface area is 207 Å². The van der Waals surface area contributed by atoms with Crippen LogP contribution in [0.15, 0.2) is 12.7 Å². The molecule has 0 rings (SSSR count). The van der Waals surface area contributed by atoms with E-state index in [-0.39, 0.29) is 13.2 Å². The molecule has 0 aliphatic heterocycles. The van der Waals surface area contributed by atoms with Crippen molar-refractivity contribution < 1.29 is 32.0 Å². The van der Waals surface area contributed by atoms with Gasteiger partial charge in [0.05, 0.1) is 19.6 Å². The number of ether oxygens (including phenoxy) is 2. The summed E-state index contributed by atoms with van der Waals surface area (Å²) < 4.78 is 41.9. The molecule has 0 aromatic heterocycles. The van der Waals surface area contributed by atoms with Gasteiger partial charge in [0.1, 0.15) is 0 Å². The fourth-order valence-electron chi connectivity index (χ4n) is 3.69. The summed E-state index contributed by atoms with van der Waals surface area (Å²) in [7, 11) is -4.76. The second kappa shape index (κ2) is 22.1. The molecule has 0 spiro atoms. The zero-order chi connectivity index (χ0) is 25.5. The first-order chi connectivity index (χ1) is 16.3. The van der Waals surface area contributed by atoms with Crippen molar-refractivity contribution >= 4 is 22.1 Å². The van der Waals surface area contributed by atoms with E-state index in [1.54, 1.807) is 6.08 Å². The minimum Gasteiger partial charge on any atom is -0.465 e. The number of carbonyl (C=O) groups excluding carboxylic acids is 2. The van der Waals surface area contributed by atoms with Gasteiger partial charge in [0, 0.05) is 0 Å². The lowest BCUT2D eigenvalue weighted by Crippen LogP contribution is -2.34. The van der Waals surface area contributed by atoms with Gasteiger partial charge in [0.2, 0.25) is 0 Å². The lowest BCUT2D eigenvalue weighted by atomic mass is 10.0. The van der Waals surface area contributed by atoms with E-state index in [0.29, 0.717) is 12.8 Å². The number of unbranched alkanes of at least 4 members (excludes halogenated alkanes) is 15. The average Bonchev–Trinajstić information content (AvgIpc) is 2.78. The molecule has 34 heavy (non-hydrogen) atoms. The molecular formula is C26H48O7S. The number of esters is 2. The molecule has 0 amide bonds. The Morgan fingerprint density at radius 3 is 1.62 bits per heavy atom. The molecule has 0 saturated heterocycles. The van der Waals surface area contributed by atoms with Crippen molar-refractivity contribution in [2.24, 2.45) is 0 Å². The highest BCUT2D eigenvalue weighted by Crippen LogP contribution is 2.14. The van der Waals surface area contributed by atoms with Crippen molar-refractivity contribution in [2.45, 2.75) is 128 Å². The van der Waals surface area contributed by atoms with Gasteiger partial charge >= 0.3 is 11.9 Å². The van der Waals surface area contributed by atoms with Crippen molar-refractivity contribution in [3.63, 3.8) is 0 Å².